The zero-order valence-corrected chi connectivity index (χ0v) is 14.1. The number of nitrogens with zero attached hydrogens (tertiary/aromatic N) is 4. The van der Waals surface area contributed by atoms with Crippen molar-refractivity contribution in [1.29, 1.82) is 0 Å². The maximum atomic E-state index is 13.1. The van der Waals surface area contributed by atoms with Gasteiger partial charge in [-0.2, -0.15) is 5.10 Å². The minimum absolute atomic E-state index is 0.133. The number of ether oxygens (including phenoxy) is 1. The number of hydrogen-bond donors (Lipinski definition) is 1. The van der Waals surface area contributed by atoms with Crippen LogP contribution in [0.15, 0.2) is 29.3 Å². The molecule has 1 N–H and O–H groups in total. The molecule has 4 rings (SSSR count). The molecule has 3 aromatic rings. The maximum Gasteiger partial charge on any atom is 0.281 e. The molecule has 0 radical (unpaired) electrons. The number of amides is 1. The lowest BCUT2D eigenvalue weighted by atomic mass is 10.1. The van der Waals surface area contributed by atoms with E-state index in [0.717, 1.165) is 5.56 Å². The second-order valence-corrected chi connectivity index (χ2v) is 6.27. The van der Waals surface area contributed by atoms with E-state index < -0.39 is 0 Å². The summed E-state index contributed by atoms with van der Waals surface area (Å²) >= 11 is 0. The molecular weight excluding hydrogens is 322 g/mol. The van der Waals surface area contributed by atoms with Crippen molar-refractivity contribution in [1.82, 2.24) is 19.7 Å². The van der Waals surface area contributed by atoms with Crippen LogP contribution in [0.3, 0.4) is 0 Å². The molecule has 1 aliphatic heterocycles. The first-order chi connectivity index (χ1) is 12.0. The van der Waals surface area contributed by atoms with Gasteiger partial charge in [0.2, 0.25) is 0 Å². The van der Waals surface area contributed by atoms with Gasteiger partial charge >= 0.3 is 0 Å². The topological polar surface area (TPSA) is 93.1 Å². The Labute approximate surface area is 143 Å². The summed E-state index contributed by atoms with van der Waals surface area (Å²) in [6, 6.07) is 5.69. The number of anilines is 1. The fourth-order valence-electron chi connectivity index (χ4n) is 3.00. The highest BCUT2D eigenvalue weighted by Gasteiger charge is 2.31. The first-order valence-corrected chi connectivity index (χ1v) is 7.94. The van der Waals surface area contributed by atoms with Gasteiger partial charge in [0.15, 0.2) is 11.2 Å². The number of carbonyl (C=O) groups excluding carboxylic acids is 1. The van der Waals surface area contributed by atoms with Crippen molar-refractivity contribution in [2.75, 3.05) is 11.4 Å². The molecule has 0 saturated carbocycles. The molecule has 128 valence electrons. The van der Waals surface area contributed by atoms with Gasteiger partial charge in [0.1, 0.15) is 17.4 Å². The Balaban J connectivity index is 1.82. The van der Waals surface area contributed by atoms with Crippen LogP contribution < -0.4 is 15.2 Å². The molecule has 8 nitrogen and oxygen atoms in total. The van der Waals surface area contributed by atoms with E-state index in [1.807, 2.05) is 32.0 Å². The van der Waals surface area contributed by atoms with Crippen LogP contribution in [0.4, 0.5) is 5.69 Å². The van der Waals surface area contributed by atoms with Crippen molar-refractivity contribution in [3.8, 4) is 5.75 Å². The number of fused-ring (bicyclic) bond motifs is 2. The van der Waals surface area contributed by atoms with Crippen molar-refractivity contribution in [3.05, 3.63) is 46.1 Å². The predicted molar refractivity (Wildman–Crippen MR) is 92.1 cm³/mol. The monoisotopic (exact) mass is 339 g/mol. The molecule has 0 bridgehead atoms. The zero-order chi connectivity index (χ0) is 17.7. The van der Waals surface area contributed by atoms with Gasteiger partial charge in [-0.1, -0.05) is 6.07 Å². The summed E-state index contributed by atoms with van der Waals surface area (Å²) in [5.41, 5.74) is 2.10. The fourth-order valence-corrected chi connectivity index (χ4v) is 3.00. The van der Waals surface area contributed by atoms with Crippen LogP contribution in [0.2, 0.25) is 0 Å². The van der Waals surface area contributed by atoms with Gasteiger partial charge in [0, 0.05) is 7.05 Å². The van der Waals surface area contributed by atoms with Gasteiger partial charge in [-0.05, 0) is 31.5 Å². The molecule has 2 aromatic heterocycles. The molecule has 1 unspecified atom stereocenters. The van der Waals surface area contributed by atoms with Crippen LogP contribution in [-0.2, 0) is 7.05 Å². The predicted octanol–water partition coefficient (Wildman–Crippen LogP) is 1.39. The lowest BCUT2D eigenvalue weighted by molar-refractivity contribution is 0.0957. The van der Waals surface area contributed by atoms with Crippen LogP contribution in [0.5, 0.6) is 5.75 Å². The van der Waals surface area contributed by atoms with Crippen molar-refractivity contribution < 1.29 is 9.53 Å². The molecule has 0 saturated heterocycles. The third-order valence-corrected chi connectivity index (χ3v) is 4.26. The second-order valence-electron chi connectivity index (χ2n) is 6.27. The van der Waals surface area contributed by atoms with Crippen LogP contribution in [-0.4, -0.2) is 38.3 Å². The minimum atomic E-state index is -0.313. The maximum absolute atomic E-state index is 13.1. The normalized spacial score (nSPS) is 16.6. The minimum Gasteiger partial charge on any atom is -0.487 e. The largest absolute Gasteiger partial charge is 0.487 e. The molecule has 0 fully saturated rings. The number of benzene rings is 1. The van der Waals surface area contributed by atoms with Crippen LogP contribution in [0.25, 0.3) is 11.0 Å². The third-order valence-electron chi connectivity index (χ3n) is 4.26. The molecule has 0 spiro atoms. The number of aromatic amines is 1. The molecule has 25 heavy (non-hydrogen) atoms. The number of H-pyrrole nitrogens is 1. The molecule has 0 aliphatic carbocycles. The highest BCUT2D eigenvalue weighted by atomic mass is 16.5. The van der Waals surface area contributed by atoms with Gasteiger partial charge in [-0.25, -0.2) is 4.98 Å². The van der Waals surface area contributed by atoms with Crippen LogP contribution in [0, 0.1) is 6.92 Å². The SMILES string of the molecule is Cc1ccc2c(c1)OC(C)CN2C(=O)c1n[nH]c2c(=O)n(C)cnc12. The summed E-state index contributed by atoms with van der Waals surface area (Å²) in [4.78, 5) is 31.1. The molecule has 1 amide bonds. The van der Waals surface area contributed by atoms with E-state index >= 15 is 0 Å². The Morgan fingerprint density at radius 3 is 3.00 bits per heavy atom. The summed E-state index contributed by atoms with van der Waals surface area (Å²) in [7, 11) is 1.60. The quantitative estimate of drug-likeness (QED) is 0.723. The van der Waals surface area contributed by atoms with Crippen LogP contribution in [0.1, 0.15) is 23.0 Å². The zero-order valence-electron chi connectivity index (χ0n) is 14.1. The Hall–Kier alpha value is -3.16. The van der Waals surface area contributed by atoms with Gasteiger partial charge in [-0.15, -0.1) is 0 Å². The molecule has 8 heteroatoms. The first-order valence-electron chi connectivity index (χ1n) is 7.94. The summed E-state index contributed by atoms with van der Waals surface area (Å²) < 4.78 is 7.18. The average molecular weight is 339 g/mol. The van der Waals surface area contributed by atoms with Gasteiger partial charge in [0.25, 0.3) is 11.5 Å². The van der Waals surface area contributed by atoms with E-state index in [2.05, 4.69) is 15.2 Å². The van der Waals surface area contributed by atoms with Crippen molar-refractivity contribution >= 4 is 22.6 Å². The van der Waals surface area contributed by atoms with Gasteiger partial charge in [-0.3, -0.25) is 19.6 Å². The molecule has 1 aliphatic rings. The number of aromatic nitrogens is 4. The number of hydrogen-bond acceptors (Lipinski definition) is 5. The Bertz CT molecular complexity index is 1050. The number of carbonyl (C=O) groups is 1. The summed E-state index contributed by atoms with van der Waals surface area (Å²) in [5.74, 6) is 0.350. The van der Waals surface area contributed by atoms with Crippen LogP contribution >= 0.6 is 0 Å². The number of aryl methyl sites for hydroxylation is 2. The lowest BCUT2D eigenvalue weighted by Gasteiger charge is -2.33. The van der Waals surface area contributed by atoms with E-state index in [1.165, 1.54) is 10.9 Å². The summed E-state index contributed by atoms with van der Waals surface area (Å²) in [6.07, 6.45) is 1.24. The molecular formula is C17H17N5O3. The second kappa shape index (κ2) is 5.44. The number of rotatable bonds is 1. The van der Waals surface area contributed by atoms with E-state index in [9.17, 15) is 9.59 Å². The molecule has 1 atom stereocenters. The van der Waals surface area contributed by atoms with E-state index in [-0.39, 0.29) is 34.3 Å². The number of nitrogens with one attached hydrogen (secondary N) is 1. The third kappa shape index (κ3) is 2.37. The average Bonchev–Trinajstić information content (AvgIpc) is 3.01. The lowest BCUT2D eigenvalue weighted by Crippen LogP contribution is -2.42. The Morgan fingerprint density at radius 1 is 1.40 bits per heavy atom. The standard InChI is InChI=1S/C17H17N5O3/c1-9-4-5-11-12(6-9)25-10(2)7-22(11)17(24)15-13-14(19-20-15)16(23)21(3)8-18-13/h4-6,8,10H,7H2,1-3H3,(H,19,20). The van der Waals surface area contributed by atoms with Gasteiger partial charge in [0.05, 0.1) is 18.6 Å². The smallest absolute Gasteiger partial charge is 0.281 e. The van der Waals surface area contributed by atoms with Crippen molar-refractivity contribution in [2.45, 2.75) is 20.0 Å². The fraction of sp³-hybridized carbons (Fsp3) is 0.294. The van der Waals surface area contributed by atoms with E-state index in [4.69, 9.17) is 4.74 Å². The highest BCUT2D eigenvalue weighted by molar-refractivity contribution is 6.12. The summed E-state index contributed by atoms with van der Waals surface area (Å²) in [6.45, 7) is 4.27. The van der Waals surface area contributed by atoms with E-state index in [1.54, 1.807) is 11.9 Å². The van der Waals surface area contributed by atoms with Crippen molar-refractivity contribution in [3.63, 3.8) is 0 Å². The van der Waals surface area contributed by atoms with Gasteiger partial charge < -0.3 is 9.30 Å². The molecule has 3 heterocycles. The van der Waals surface area contributed by atoms with Crippen molar-refractivity contribution in [2.24, 2.45) is 7.05 Å². The van der Waals surface area contributed by atoms with E-state index in [0.29, 0.717) is 18.0 Å². The highest BCUT2D eigenvalue weighted by Crippen LogP contribution is 2.35. The Morgan fingerprint density at radius 2 is 2.20 bits per heavy atom. The first kappa shape index (κ1) is 15.4. The summed E-state index contributed by atoms with van der Waals surface area (Å²) in [5, 5.41) is 6.69. The molecule has 1 aromatic carbocycles. The Kier molecular flexibility index (Phi) is 3.34.